The third kappa shape index (κ3) is 5.18. The molecule has 8 heteroatoms. The average molecular weight is 384 g/mol. The molecule has 0 spiro atoms. The summed E-state index contributed by atoms with van der Waals surface area (Å²) in [5, 5.41) is 5.38. The molecule has 0 atom stereocenters. The van der Waals surface area contributed by atoms with Crippen molar-refractivity contribution in [3.63, 3.8) is 0 Å². The Morgan fingerprint density at radius 1 is 1.11 bits per heavy atom. The largest absolute Gasteiger partial charge is 0.351 e. The van der Waals surface area contributed by atoms with E-state index in [4.69, 9.17) is 0 Å². The molecular formula is C19H17FN4O2S. The zero-order valence-corrected chi connectivity index (χ0v) is 15.3. The molecule has 0 aliphatic carbocycles. The second-order valence-corrected chi connectivity index (χ2v) is 6.83. The molecular weight excluding hydrogens is 367 g/mol. The van der Waals surface area contributed by atoms with Crippen LogP contribution in [0.5, 0.6) is 0 Å². The summed E-state index contributed by atoms with van der Waals surface area (Å²) in [5.41, 5.74) is 1.58. The van der Waals surface area contributed by atoms with Gasteiger partial charge in [0, 0.05) is 19.7 Å². The Hall–Kier alpha value is -3.13. The molecule has 0 aliphatic rings. The summed E-state index contributed by atoms with van der Waals surface area (Å²) in [5.74, 6) is -0.483. The number of hydrogen-bond acceptors (Lipinski definition) is 5. The third-order valence-electron chi connectivity index (χ3n) is 3.64. The average Bonchev–Trinajstić information content (AvgIpc) is 3.13. The van der Waals surface area contributed by atoms with E-state index in [0.29, 0.717) is 23.5 Å². The molecule has 0 saturated carbocycles. The van der Waals surface area contributed by atoms with Gasteiger partial charge in [0.2, 0.25) is 11.9 Å². The molecule has 2 heterocycles. The van der Waals surface area contributed by atoms with Crippen molar-refractivity contribution < 1.29 is 14.0 Å². The highest BCUT2D eigenvalue weighted by molar-refractivity contribution is 7.17. The number of halogens is 1. The lowest BCUT2D eigenvalue weighted by Gasteiger charge is -2.04. The quantitative estimate of drug-likeness (QED) is 0.683. The van der Waals surface area contributed by atoms with Crippen LogP contribution in [0.4, 0.5) is 10.3 Å². The first-order valence-electron chi connectivity index (χ1n) is 8.25. The SMILES string of the molecule is CC(=O)Nc1nccc(-c2ccc(C(=O)NCCc3ccc(F)cc3)s2)n1. The summed E-state index contributed by atoms with van der Waals surface area (Å²) in [6.45, 7) is 1.84. The van der Waals surface area contributed by atoms with Crippen LogP contribution in [-0.4, -0.2) is 28.3 Å². The molecule has 27 heavy (non-hydrogen) atoms. The summed E-state index contributed by atoms with van der Waals surface area (Å²) in [6, 6.07) is 11.5. The third-order valence-corrected chi connectivity index (χ3v) is 4.74. The van der Waals surface area contributed by atoms with Gasteiger partial charge in [0.05, 0.1) is 15.4 Å². The van der Waals surface area contributed by atoms with E-state index in [1.54, 1.807) is 36.5 Å². The zero-order valence-electron chi connectivity index (χ0n) is 14.5. The Labute approximate surface area is 159 Å². The van der Waals surface area contributed by atoms with Gasteiger partial charge in [0.25, 0.3) is 5.91 Å². The van der Waals surface area contributed by atoms with Crippen LogP contribution >= 0.6 is 11.3 Å². The highest BCUT2D eigenvalue weighted by Crippen LogP contribution is 2.27. The normalized spacial score (nSPS) is 10.4. The van der Waals surface area contributed by atoms with Crippen LogP contribution in [0.3, 0.4) is 0 Å². The Bertz CT molecular complexity index is 956. The van der Waals surface area contributed by atoms with Crippen LogP contribution < -0.4 is 10.6 Å². The molecule has 3 rings (SSSR count). The summed E-state index contributed by atoms with van der Waals surface area (Å²) < 4.78 is 12.9. The summed E-state index contributed by atoms with van der Waals surface area (Å²) >= 11 is 1.31. The molecule has 0 saturated heterocycles. The number of amides is 2. The summed E-state index contributed by atoms with van der Waals surface area (Å²) in [7, 11) is 0. The maximum atomic E-state index is 12.9. The van der Waals surface area contributed by atoms with E-state index in [9.17, 15) is 14.0 Å². The van der Waals surface area contributed by atoms with Crippen LogP contribution in [-0.2, 0) is 11.2 Å². The van der Waals surface area contributed by atoms with Gasteiger partial charge in [-0.2, -0.15) is 0 Å². The number of benzene rings is 1. The van der Waals surface area contributed by atoms with E-state index in [2.05, 4.69) is 20.6 Å². The van der Waals surface area contributed by atoms with Gasteiger partial charge in [-0.05, 0) is 42.3 Å². The van der Waals surface area contributed by atoms with Crippen LogP contribution in [0.1, 0.15) is 22.2 Å². The van der Waals surface area contributed by atoms with Crippen molar-refractivity contribution in [3.8, 4) is 10.6 Å². The van der Waals surface area contributed by atoms with Crippen molar-refractivity contribution in [2.75, 3.05) is 11.9 Å². The molecule has 0 fully saturated rings. The van der Waals surface area contributed by atoms with Crippen molar-refractivity contribution in [3.05, 3.63) is 64.9 Å². The predicted octanol–water partition coefficient (Wildman–Crippen LogP) is 3.28. The molecule has 0 radical (unpaired) electrons. The lowest BCUT2D eigenvalue weighted by molar-refractivity contribution is -0.114. The Kier molecular flexibility index (Phi) is 5.87. The highest BCUT2D eigenvalue weighted by Gasteiger charge is 2.11. The van der Waals surface area contributed by atoms with Crippen molar-refractivity contribution in [1.29, 1.82) is 0 Å². The first-order chi connectivity index (χ1) is 13.0. The first kappa shape index (κ1) is 18.7. The molecule has 3 aromatic rings. The minimum atomic E-state index is -0.278. The molecule has 2 amide bonds. The number of thiophene rings is 1. The number of anilines is 1. The lowest BCUT2D eigenvalue weighted by Crippen LogP contribution is -2.24. The second-order valence-electron chi connectivity index (χ2n) is 5.74. The lowest BCUT2D eigenvalue weighted by atomic mass is 10.1. The van der Waals surface area contributed by atoms with Gasteiger partial charge in [-0.25, -0.2) is 14.4 Å². The summed E-state index contributed by atoms with van der Waals surface area (Å²) in [4.78, 5) is 33.0. The Morgan fingerprint density at radius 3 is 2.63 bits per heavy atom. The number of hydrogen-bond donors (Lipinski definition) is 2. The number of rotatable bonds is 6. The van der Waals surface area contributed by atoms with E-state index in [0.717, 1.165) is 10.4 Å². The molecule has 0 unspecified atom stereocenters. The number of carbonyl (C=O) groups is 2. The van der Waals surface area contributed by atoms with Gasteiger partial charge in [-0.3, -0.25) is 14.9 Å². The first-order valence-corrected chi connectivity index (χ1v) is 9.06. The van der Waals surface area contributed by atoms with Gasteiger partial charge in [0.1, 0.15) is 5.82 Å². The standard InChI is InChI=1S/C19H17FN4O2S/c1-12(25)23-19-22-11-9-15(24-19)16-6-7-17(27-16)18(26)21-10-8-13-2-4-14(20)5-3-13/h2-7,9,11H,8,10H2,1H3,(H,21,26)(H,22,23,24,25). The Morgan fingerprint density at radius 2 is 1.89 bits per heavy atom. The Balaban J connectivity index is 1.60. The maximum Gasteiger partial charge on any atom is 0.261 e. The molecule has 0 bridgehead atoms. The molecule has 2 N–H and O–H groups in total. The van der Waals surface area contributed by atoms with E-state index >= 15 is 0 Å². The minimum absolute atomic E-state index is 0.176. The number of nitrogens with one attached hydrogen (secondary N) is 2. The molecule has 0 aliphatic heterocycles. The van der Waals surface area contributed by atoms with E-state index in [-0.39, 0.29) is 23.6 Å². The van der Waals surface area contributed by atoms with Crippen LogP contribution in [0.15, 0.2) is 48.7 Å². The van der Waals surface area contributed by atoms with Gasteiger partial charge in [0.15, 0.2) is 0 Å². The fourth-order valence-electron chi connectivity index (χ4n) is 2.37. The number of aromatic nitrogens is 2. The van der Waals surface area contributed by atoms with E-state index in [1.165, 1.54) is 30.4 Å². The van der Waals surface area contributed by atoms with Crippen molar-refractivity contribution >= 4 is 29.1 Å². The molecule has 6 nitrogen and oxygen atoms in total. The number of carbonyl (C=O) groups excluding carboxylic acids is 2. The van der Waals surface area contributed by atoms with Crippen molar-refractivity contribution in [1.82, 2.24) is 15.3 Å². The van der Waals surface area contributed by atoms with Gasteiger partial charge < -0.3 is 5.32 Å². The summed E-state index contributed by atoms with van der Waals surface area (Å²) in [6.07, 6.45) is 2.17. The van der Waals surface area contributed by atoms with E-state index in [1.807, 2.05) is 0 Å². The predicted molar refractivity (Wildman–Crippen MR) is 102 cm³/mol. The van der Waals surface area contributed by atoms with Gasteiger partial charge in [-0.1, -0.05) is 12.1 Å². The van der Waals surface area contributed by atoms with Gasteiger partial charge >= 0.3 is 0 Å². The molecule has 138 valence electrons. The van der Waals surface area contributed by atoms with Crippen molar-refractivity contribution in [2.45, 2.75) is 13.3 Å². The van der Waals surface area contributed by atoms with Crippen LogP contribution in [0, 0.1) is 5.82 Å². The topological polar surface area (TPSA) is 84.0 Å². The molecule has 1 aromatic carbocycles. The fourth-order valence-corrected chi connectivity index (χ4v) is 3.26. The van der Waals surface area contributed by atoms with E-state index < -0.39 is 0 Å². The van der Waals surface area contributed by atoms with Crippen LogP contribution in [0.25, 0.3) is 10.6 Å². The molecule has 2 aromatic heterocycles. The van der Waals surface area contributed by atoms with Crippen molar-refractivity contribution in [2.24, 2.45) is 0 Å². The zero-order chi connectivity index (χ0) is 19.2. The monoisotopic (exact) mass is 384 g/mol. The smallest absolute Gasteiger partial charge is 0.261 e. The second kappa shape index (κ2) is 8.50. The minimum Gasteiger partial charge on any atom is -0.351 e. The van der Waals surface area contributed by atoms with Gasteiger partial charge in [-0.15, -0.1) is 11.3 Å². The fraction of sp³-hybridized carbons (Fsp3) is 0.158. The number of nitrogens with zero attached hydrogens (tertiary/aromatic N) is 2. The highest BCUT2D eigenvalue weighted by atomic mass is 32.1. The maximum absolute atomic E-state index is 12.9. The van der Waals surface area contributed by atoms with Crippen LogP contribution in [0.2, 0.25) is 0 Å².